The molecule has 0 radical (unpaired) electrons. The number of fused-ring (bicyclic) bond motifs is 4. The van der Waals surface area contributed by atoms with Crippen LogP contribution in [0.25, 0.3) is 18.2 Å². The van der Waals surface area contributed by atoms with Crippen molar-refractivity contribution >= 4 is 29.8 Å². The van der Waals surface area contributed by atoms with Crippen LogP contribution in [0.1, 0.15) is 39.8 Å². The van der Waals surface area contributed by atoms with Crippen LogP contribution in [0.5, 0.6) is 0 Å². The SMILES string of the molecule is O=C1C=Cc2c3c(c4c5c2CCC(=O)C(=CC=C4)C5)C=CC=C1C3. The number of benzene rings is 1. The zero-order valence-electron chi connectivity index (χ0n) is 13.3. The molecular weight excluding hydrogens is 296 g/mol. The molecule has 2 heteroatoms. The number of Topliss-reactive ketones (excluding diaryl/α,β-unsaturated/α-hetero) is 1. The van der Waals surface area contributed by atoms with Gasteiger partial charge in [0.2, 0.25) is 0 Å². The van der Waals surface area contributed by atoms with Gasteiger partial charge in [-0.2, -0.15) is 0 Å². The van der Waals surface area contributed by atoms with Crippen LogP contribution in [0.15, 0.2) is 41.5 Å². The van der Waals surface area contributed by atoms with E-state index in [1.165, 1.54) is 27.8 Å². The number of carbonyl (C=O) groups excluding carboxylic acids is 2. The number of allylic oxidation sites excluding steroid dienone is 7. The third kappa shape index (κ3) is 1.83. The monoisotopic (exact) mass is 312 g/mol. The average Bonchev–Trinajstić information content (AvgIpc) is 3.04. The Balaban J connectivity index is 1.90. The highest BCUT2D eigenvalue weighted by Gasteiger charge is 2.28. The highest BCUT2D eigenvalue weighted by molar-refractivity contribution is 6.09. The number of hydrogen-bond donors (Lipinski definition) is 0. The molecule has 0 aromatic heterocycles. The molecule has 116 valence electrons. The highest BCUT2D eigenvalue weighted by atomic mass is 16.1. The molecule has 0 aliphatic heterocycles. The van der Waals surface area contributed by atoms with E-state index in [0.717, 1.165) is 23.1 Å². The summed E-state index contributed by atoms with van der Waals surface area (Å²) in [5.74, 6) is 0.336. The largest absolute Gasteiger partial charge is 0.295 e. The molecule has 0 saturated heterocycles. The molecule has 0 saturated carbocycles. The molecule has 0 atom stereocenters. The molecule has 0 fully saturated rings. The van der Waals surface area contributed by atoms with E-state index < -0.39 is 0 Å². The molecule has 4 bridgehead atoms. The van der Waals surface area contributed by atoms with Gasteiger partial charge in [-0.1, -0.05) is 42.5 Å². The number of rotatable bonds is 0. The van der Waals surface area contributed by atoms with Gasteiger partial charge in [0, 0.05) is 24.8 Å². The Labute approximate surface area is 140 Å². The molecule has 5 rings (SSSR count). The summed E-state index contributed by atoms with van der Waals surface area (Å²) in [5, 5.41) is 0. The van der Waals surface area contributed by atoms with Crippen molar-refractivity contribution in [1.29, 1.82) is 0 Å². The molecule has 0 spiro atoms. The second-order valence-electron chi connectivity index (χ2n) is 6.75. The van der Waals surface area contributed by atoms with Gasteiger partial charge in [0.05, 0.1) is 0 Å². The first-order valence-electron chi connectivity index (χ1n) is 8.43. The van der Waals surface area contributed by atoms with E-state index in [-0.39, 0.29) is 11.6 Å². The van der Waals surface area contributed by atoms with E-state index in [4.69, 9.17) is 0 Å². The molecule has 0 N–H and O–H groups in total. The van der Waals surface area contributed by atoms with Gasteiger partial charge >= 0.3 is 0 Å². The summed E-state index contributed by atoms with van der Waals surface area (Å²) in [4.78, 5) is 24.7. The predicted octanol–water partition coefficient (Wildman–Crippen LogP) is 3.79. The number of ketones is 2. The van der Waals surface area contributed by atoms with Crippen LogP contribution in [0.2, 0.25) is 0 Å². The van der Waals surface area contributed by atoms with E-state index >= 15 is 0 Å². The van der Waals surface area contributed by atoms with E-state index in [2.05, 4.69) is 12.2 Å². The first kappa shape index (κ1) is 13.7. The predicted molar refractivity (Wildman–Crippen MR) is 95.5 cm³/mol. The van der Waals surface area contributed by atoms with Crippen LogP contribution in [0, 0.1) is 0 Å². The third-order valence-electron chi connectivity index (χ3n) is 5.49. The maximum atomic E-state index is 12.4. The second kappa shape index (κ2) is 4.88. The fourth-order valence-corrected chi connectivity index (χ4v) is 4.28. The van der Waals surface area contributed by atoms with Crippen LogP contribution >= 0.6 is 0 Å². The zero-order valence-corrected chi connectivity index (χ0v) is 13.3. The van der Waals surface area contributed by atoms with Crippen LogP contribution < -0.4 is 0 Å². The summed E-state index contributed by atoms with van der Waals surface area (Å²) in [6.07, 6.45) is 18.5. The third-order valence-corrected chi connectivity index (χ3v) is 5.49. The average molecular weight is 312 g/mol. The van der Waals surface area contributed by atoms with Gasteiger partial charge in [0.1, 0.15) is 0 Å². The van der Waals surface area contributed by atoms with Crippen molar-refractivity contribution in [3.05, 3.63) is 74.9 Å². The standard InChI is InChI=1S/C22H16O2/c23-21-9-7-17-18-8-10-22(24)14-4-2-6-16(20(18)12-14)15-5-1-3-13(21)11-19(15)17/h1-7,9H,8,10-12H2. The lowest BCUT2D eigenvalue weighted by Crippen LogP contribution is -2.07. The van der Waals surface area contributed by atoms with Crippen LogP contribution in [0.3, 0.4) is 0 Å². The molecule has 24 heavy (non-hydrogen) atoms. The van der Waals surface area contributed by atoms with Gasteiger partial charge in [-0.15, -0.1) is 0 Å². The maximum Gasteiger partial charge on any atom is 0.182 e. The molecule has 4 aliphatic rings. The molecule has 1 aromatic carbocycles. The van der Waals surface area contributed by atoms with Gasteiger partial charge < -0.3 is 0 Å². The Kier molecular flexibility index (Phi) is 2.78. The number of hydrogen-bond acceptors (Lipinski definition) is 2. The lowest BCUT2D eigenvalue weighted by atomic mass is 9.83. The van der Waals surface area contributed by atoms with E-state index in [1.807, 2.05) is 30.4 Å². The van der Waals surface area contributed by atoms with Crippen molar-refractivity contribution in [2.75, 3.05) is 0 Å². The molecule has 4 aliphatic carbocycles. The van der Waals surface area contributed by atoms with Crippen molar-refractivity contribution in [2.45, 2.75) is 25.7 Å². The normalized spacial score (nSPS) is 20.0. The second-order valence-corrected chi connectivity index (χ2v) is 6.75. The summed E-state index contributed by atoms with van der Waals surface area (Å²) in [5.41, 5.74) is 9.08. The lowest BCUT2D eigenvalue weighted by Gasteiger charge is -2.20. The van der Waals surface area contributed by atoms with Crippen LogP contribution in [-0.2, 0) is 28.9 Å². The van der Waals surface area contributed by atoms with Crippen LogP contribution in [-0.4, -0.2) is 11.6 Å². The smallest absolute Gasteiger partial charge is 0.182 e. The number of carbonyl (C=O) groups is 2. The fourth-order valence-electron chi connectivity index (χ4n) is 4.28. The summed E-state index contributed by atoms with van der Waals surface area (Å²) < 4.78 is 0. The minimum atomic E-state index is 0.0897. The maximum absolute atomic E-state index is 12.4. The Morgan fingerprint density at radius 2 is 1.33 bits per heavy atom. The molecule has 0 unspecified atom stereocenters. The zero-order chi connectivity index (χ0) is 16.3. The van der Waals surface area contributed by atoms with E-state index in [1.54, 1.807) is 6.08 Å². The van der Waals surface area contributed by atoms with Gasteiger partial charge in [0.25, 0.3) is 0 Å². The Morgan fingerprint density at radius 1 is 0.625 bits per heavy atom. The molecule has 2 nitrogen and oxygen atoms in total. The van der Waals surface area contributed by atoms with Crippen molar-refractivity contribution in [3.63, 3.8) is 0 Å². The van der Waals surface area contributed by atoms with Gasteiger partial charge in [-0.25, -0.2) is 0 Å². The fraction of sp³-hybridized carbons (Fsp3) is 0.182. The van der Waals surface area contributed by atoms with Crippen molar-refractivity contribution in [1.82, 2.24) is 0 Å². The quantitative estimate of drug-likeness (QED) is 0.730. The Bertz CT molecular complexity index is 978. The summed E-state index contributed by atoms with van der Waals surface area (Å²) >= 11 is 0. The van der Waals surface area contributed by atoms with Crippen molar-refractivity contribution < 1.29 is 9.59 Å². The Morgan fingerprint density at radius 3 is 2.17 bits per heavy atom. The van der Waals surface area contributed by atoms with Crippen molar-refractivity contribution in [3.8, 4) is 0 Å². The lowest BCUT2D eigenvalue weighted by molar-refractivity contribution is -0.115. The molecule has 1 aromatic rings. The Hall–Kier alpha value is -2.74. The first-order valence-corrected chi connectivity index (χ1v) is 8.43. The summed E-state index contributed by atoms with van der Waals surface area (Å²) in [6.45, 7) is 0. The molecule has 0 heterocycles. The summed E-state index contributed by atoms with van der Waals surface area (Å²) in [7, 11) is 0. The minimum absolute atomic E-state index is 0.0897. The van der Waals surface area contributed by atoms with Crippen molar-refractivity contribution in [2.24, 2.45) is 0 Å². The van der Waals surface area contributed by atoms with Gasteiger partial charge in [0.15, 0.2) is 11.6 Å². The van der Waals surface area contributed by atoms with Crippen LogP contribution in [0.4, 0.5) is 0 Å². The van der Waals surface area contributed by atoms with Gasteiger partial charge in [-0.3, -0.25) is 9.59 Å². The van der Waals surface area contributed by atoms with E-state index in [0.29, 0.717) is 19.3 Å². The molecule has 0 amide bonds. The first-order chi connectivity index (χ1) is 11.7. The molecular formula is C22H16O2. The highest BCUT2D eigenvalue weighted by Crippen LogP contribution is 2.40. The topological polar surface area (TPSA) is 34.1 Å². The van der Waals surface area contributed by atoms with Gasteiger partial charge in [-0.05, 0) is 51.5 Å². The van der Waals surface area contributed by atoms with E-state index in [9.17, 15) is 9.59 Å². The minimum Gasteiger partial charge on any atom is -0.295 e. The summed E-state index contributed by atoms with van der Waals surface area (Å²) in [6, 6.07) is 0.